The van der Waals surface area contributed by atoms with E-state index < -0.39 is 23.3 Å². The first-order valence-electron chi connectivity index (χ1n) is 11.0. The number of halogens is 1. The van der Waals surface area contributed by atoms with Gasteiger partial charge in [-0.1, -0.05) is 12.1 Å². The van der Waals surface area contributed by atoms with Crippen molar-refractivity contribution in [3.8, 4) is 0 Å². The molecule has 1 unspecified atom stereocenters. The normalized spacial score (nSPS) is 17.9. The zero-order valence-electron chi connectivity index (χ0n) is 18.7. The average Bonchev–Trinajstić information content (AvgIpc) is 3.22. The van der Waals surface area contributed by atoms with E-state index >= 15 is 0 Å². The van der Waals surface area contributed by atoms with Crippen LogP contribution in [-0.4, -0.2) is 63.0 Å². The minimum absolute atomic E-state index is 0.0728. The number of carbonyl (C=O) groups is 1. The first kappa shape index (κ1) is 23.5. The van der Waals surface area contributed by atoms with E-state index in [9.17, 15) is 9.18 Å². The molecule has 1 aliphatic rings. The second-order valence-corrected chi connectivity index (χ2v) is 8.44. The van der Waals surface area contributed by atoms with Gasteiger partial charge >= 0.3 is 0 Å². The number of nitrogens with zero attached hydrogens (tertiary/aromatic N) is 5. The quantitative estimate of drug-likeness (QED) is 0.222. The topological polar surface area (TPSA) is 165 Å². The van der Waals surface area contributed by atoms with E-state index in [2.05, 4.69) is 29.8 Å². The first-order chi connectivity index (χ1) is 16.4. The number of aromatic amines is 1. The number of aromatic nitrogens is 3. The molecule has 0 bridgehead atoms. The van der Waals surface area contributed by atoms with Gasteiger partial charge in [-0.15, -0.1) is 0 Å². The fraction of sp³-hybridized carbons (Fsp3) is 0.348. The number of pyridine rings is 1. The van der Waals surface area contributed by atoms with Gasteiger partial charge in [0.25, 0.3) is 0 Å². The Morgan fingerprint density at radius 3 is 2.71 bits per heavy atom. The highest BCUT2D eigenvalue weighted by Gasteiger charge is 2.33. The highest BCUT2D eigenvalue weighted by Crippen LogP contribution is 2.27. The van der Waals surface area contributed by atoms with Crippen molar-refractivity contribution < 1.29 is 9.18 Å². The lowest BCUT2D eigenvalue weighted by molar-refractivity contribution is -0.118. The van der Waals surface area contributed by atoms with E-state index in [4.69, 9.17) is 17.2 Å². The van der Waals surface area contributed by atoms with Crippen LogP contribution in [0.15, 0.2) is 52.6 Å². The molecule has 10 nitrogen and oxygen atoms in total. The number of carbonyl (C=O) groups excluding carboxylic acids is 1. The van der Waals surface area contributed by atoms with Crippen LogP contribution in [0.2, 0.25) is 0 Å². The summed E-state index contributed by atoms with van der Waals surface area (Å²) in [5, 5.41) is 0. The van der Waals surface area contributed by atoms with Gasteiger partial charge in [-0.2, -0.15) is 4.39 Å². The molecule has 4 rings (SSSR count). The van der Waals surface area contributed by atoms with Crippen molar-refractivity contribution in [2.45, 2.75) is 24.9 Å². The number of nitrogens with two attached hydrogens (primary N) is 3. The third kappa shape index (κ3) is 5.43. The smallest absolute Gasteiger partial charge is 0.233 e. The molecule has 7 N–H and O–H groups in total. The van der Waals surface area contributed by atoms with Gasteiger partial charge in [-0.05, 0) is 31.0 Å². The summed E-state index contributed by atoms with van der Waals surface area (Å²) >= 11 is 0. The van der Waals surface area contributed by atoms with Crippen LogP contribution in [0.3, 0.4) is 0 Å². The van der Waals surface area contributed by atoms with Gasteiger partial charge in [0.05, 0.1) is 28.8 Å². The number of primary amides is 1. The van der Waals surface area contributed by atoms with Gasteiger partial charge in [0, 0.05) is 38.1 Å². The van der Waals surface area contributed by atoms with Crippen molar-refractivity contribution in [2.24, 2.45) is 33.1 Å². The van der Waals surface area contributed by atoms with Crippen molar-refractivity contribution in [3.63, 3.8) is 0 Å². The monoisotopic (exact) mass is 465 g/mol. The zero-order chi connectivity index (χ0) is 24.1. The largest absolute Gasteiger partial charge is 0.386 e. The number of imidazole rings is 1. The van der Waals surface area contributed by atoms with Gasteiger partial charge < -0.3 is 22.2 Å². The van der Waals surface area contributed by atoms with Gasteiger partial charge in [0.15, 0.2) is 0 Å². The van der Waals surface area contributed by atoms with E-state index in [1.54, 1.807) is 0 Å². The number of rotatable bonds is 8. The molecule has 0 saturated carbocycles. The fourth-order valence-electron chi connectivity index (χ4n) is 4.01. The summed E-state index contributed by atoms with van der Waals surface area (Å²) in [6, 6.07) is 10.5. The van der Waals surface area contributed by atoms with Crippen molar-refractivity contribution in [3.05, 3.63) is 54.4 Å². The molecule has 2 aromatic heterocycles. The number of para-hydroxylation sites is 2. The molecular weight excluding hydrogens is 437 g/mol. The summed E-state index contributed by atoms with van der Waals surface area (Å²) in [6.07, 6.45) is 4.09. The Morgan fingerprint density at radius 2 is 2.03 bits per heavy atom. The second kappa shape index (κ2) is 10.1. The number of aliphatic imine (C=N–C) groups is 2. The van der Waals surface area contributed by atoms with Crippen LogP contribution in [0.1, 0.15) is 18.7 Å². The maximum absolute atomic E-state index is 13.3. The maximum Gasteiger partial charge on any atom is 0.233 e. The molecule has 1 atom stereocenters. The Hall–Kier alpha value is -3.70. The lowest BCUT2D eigenvalue weighted by Gasteiger charge is -2.38. The van der Waals surface area contributed by atoms with Gasteiger partial charge in [0.2, 0.25) is 11.9 Å². The van der Waals surface area contributed by atoms with Crippen LogP contribution in [-0.2, 0) is 11.3 Å². The Bertz CT molecular complexity index is 1180. The zero-order valence-corrected chi connectivity index (χ0v) is 18.7. The number of H-pyrrole nitrogens is 1. The van der Waals surface area contributed by atoms with Crippen molar-refractivity contribution in [1.29, 1.82) is 0 Å². The fourth-order valence-corrected chi connectivity index (χ4v) is 4.01. The molecule has 0 spiro atoms. The summed E-state index contributed by atoms with van der Waals surface area (Å²) in [4.78, 5) is 34.6. The number of hydrogen-bond acceptors (Lipinski definition) is 7. The van der Waals surface area contributed by atoms with Crippen molar-refractivity contribution in [2.75, 3.05) is 19.6 Å². The second-order valence-electron chi connectivity index (χ2n) is 8.44. The number of hydrogen-bond donors (Lipinski definition) is 4. The Balaban J connectivity index is 1.42. The molecule has 1 aliphatic heterocycles. The number of amides is 1. The summed E-state index contributed by atoms with van der Waals surface area (Å²) in [7, 11) is 0. The van der Waals surface area contributed by atoms with Crippen LogP contribution in [0, 0.1) is 11.9 Å². The highest BCUT2D eigenvalue weighted by molar-refractivity contribution is 6.14. The average molecular weight is 466 g/mol. The van der Waals surface area contributed by atoms with E-state index in [1.165, 1.54) is 18.5 Å². The standard InChI is InChI=1S/C23H28FN9O/c24-19-11-15(5-8-28-19)30-21(26)16(22(27)34)12-29-23(14-25)6-9-33(10-7-23)13-20-31-17-3-1-2-4-18(17)32-20/h1-5,8,11-12,16H,6-7,9-10,13-14,25H2,(H2,27,34)(H,31,32)(H2,26,28,30). The van der Waals surface area contributed by atoms with Crippen LogP contribution in [0.5, 0.6) is 0 Å². The minimum atomic E-state index is -1.03. The SMILES string of the molecule is NCC1(N=CC(C(N)=O)C(N)=Nc2ccnc(F)c2)CCN(Cc2nc3ccccc3[nH]2)CC1. The van der Waals surface area contributed by atoms with Crippen molar-refractivity contribution >= 4 is 34.7 Å². The van der Waals surface area contributed by atoms with E-state index in [0.717, 1.165) is 36.0 Å². The van der Waals surface area contributed by atoms with E-state index in [1.807, 2.05) is 24.3 Å². The molecule has 0 radical (unpaired) electrons. The Kier molecular flexibility index (Phi) is 6.94. The summed E-state index contributed by atoms with van der Waals surface area (Å²) in [5.74, 6) is -1.59. The lowest BCUT2D eigenvalue weighted by atomic mass is 9.88. The van der Waals surface area contributed by atoms with E-state index in [0.29, 0.717) is 25.9 Å². The Morgan fingerprint density at radius 1 is 1.26 bits per heavy atom. The number of piperidine rings is 1. The molecule has 11 heteroatoms. The van der Waals surface area contributed by atoms with Gasteiger partial charge in [-0.25, -0.2) is 15.0 Å². The Labute approximate surface area is 196 Å². The van der Waals surface area contributed by atoms with Crippen LogP contribution >= 0.6 is 0 Å². The third-order valence-corrected chi connectivity index (χ3v) is 6.07. The molecule has 3 heterocycles. The lowest BCUT2D eigenvalue weighted by Crippen LogP contribution is -2.48. The number of nitrogens with one attached hydrogen (secondary N) is 1. The minimum Gasteiger partial charge on any atom is -0.386 e. The molecule has 1 amide bonds. The molecule has 34 heavy (non-hydrogen) atoms. The molecule has 1 aromatic carbocycles. The number of amidine groups is 1. The summed E-state index contributed by atoms with van der Waals surface area (Å²) in [6.45, 7) is 2.56. The maximum atomic E-state index is 13.3. The molecule has 3 aromatic rings. The van der Waals surface area contributed by atoms with Gasteiger partial charge in [0.1, 0.15) is 17.6 Å². The predicted octanol–water partition coefficient (Wildman–Crippen LogP) is 1.25. The van der Waals surface area contributed by atoms with E-state index in [-0.39, 0.29) is 11.5 Å². The number of fused-ring (bicyclic) bond motifs is 1. The molecule has 178 valence electrons. The van der Waals surface area contributed by atoms with Crippen molar-refractivity contribution in [1.82, 2.24) is 19.9 Å². The third-order valence-electron chi connectivity index (χ3n) is 6.07. The molecular formula is C23H28FN9O. The summed E-state index contributed by atoms with van der Waals surface area (Å²) < 4.78 is 13.3. The molecule has 1 saturated heterocycles. The highest BCUT2D eigenvalue weighted by atomic mass is 19.1. The van der Waals surface area contributed by atoms with Crippen LogP contribution < -0.4 is 17.2 Å². The first-order valence-corrected chi connectivity index (χ1v) is 11.0. The van der Waals surface area contributed by atoms with Crippen LogP contribution in [0.4, 0.5) is 10.1 Å². The van der Waals surface area contributed by atoms with Crippen LogP contribution in [0.25, 0.3) is 11.0 Å². The summed E-state index contributed by atoms with van der Waals surface area (Å²) in [5.41, 5.74) is 19.3. The number of benzene rings is 1. The molecule has 1 fully saturated rings. The number of likely N-dealkylation sites (tertiary alicyclic amines) is 1. The predicted molar refractivity (Wildman–Crippen MR) is 129 cm³/mol. The van der Waals surface area contributed by atoms with Gasteiger partial charge in [-0.3, -0.25) is 14.7 Å². The molecule has 0 aliphatic carbocycles.